The van der Waals surface area contributed by atoms with Gasteiger partial charge < -0.3 is 29.9 Å². The minimum atomic E-state index is -0.705. The summed E-state index contributed by atoms with van der Waals surface area (Å²) in [4.78, 5) is 27.1. The lowest BCUT2D eigenvalue weighted by atomic mass is 9.78. The highest BCUT2D eigenvalue weighted by Crippen LogP contribution is 2.36. The lowest BCUT2D eigenvalue weighted by molar-refractivity contribution is -0.137. The summed E-state index contributed by atoms with van der Waals surface area (Å²) < 4.78 is 10.9. The number of aliphatic hydroxyl groups is 2. The van der Waals surface area contributed by atoms with E-state index >= 15 is 0 Å². The Kier molecular flexibility index (Phi) is 14.2. The van der Waals surface area contributed by atoms with Gasteiger partial charge in [0.15, 0.2) is 0 Å². The van der Waals surface area contributed by atoms with Crippen molar-refractivity contribution in [2.45, 2.75) is 96.4 Å². The van der Waals surface area contributed by atoms with Crippen LogP contribution >= 0.6 is 11.6 Å². The van der Waals surface area contributed by atoms with Gasteiger partial charge in [-0.05, 0) is 61.1 Å². The second-order valence-corrected chi connectivity index (χ2v) is 12.8. The van der Waals surface area contributed by atoms with Gasteiger partial charge in [-0.25, -0.2) is 4.79 Å². The quantitative estimate of drug-likeness (QED) is 0.237. The van der Waals surface area contributed by atoms with Gasteiger partial charge in [0.25, 0.3) is 0 Å². The molecule has 0 spiro atoms. The van der Waals surface area contributed by atoms with Crippen molar-refractivity contribution in [3.8, 4) is 0 Å². The van der Waals surface area contributed by atoms with Gasteiger partial charge >= 0.3 is 6.09 Å². The van der Waals surface area contributed by atoms with Crippen LogP contribution in [-0.4, -0.2) is 72.7 Å². The van der Waals surface area contributed by atoms with E-state index in [1.165, 1.54) is 26.4 Å². The van der Waals surface area contributed by atoms with Gasteiger partial charge in [0.2, 0.25) is 5.91 Å². The second-order valence-electron chi connectivity index (χ2n) is 12.3. The molecule has 3 N–H and O–H groups in total. The predicted molar refractivity (Wildman–Crippen MR) is 161 cm³/mol. The molecule has 3 rings (SSSR count). The molecule has 232 valence electrons. The summed E-state index contributed by atoms with van der Waals surface area (Å²) in [5.41, 5.74) is 0.947. The van der Waals surface area contributed by atoms with Gasteiger partial charge in [-0.2, -0.15) is 0 Å². The first-order chi connectivity index (χ1) is 19.7. The number of carbonyl (C=O) groups is 2. The summed E-state index contributed by atoms with van der Waals surface area (Å²) in [6, 6.07) is 7.61. The molecule has 2 fully saturated rings. The summed E-state index contributed by atoms with van der Waals surface area (Å²) in [6.07, 6.45) is 7.10. The summed E-state index contributed by atoms with van der Waals surface area (Å²) in [7, 11) is 1.32. The normalized spacial score (nSPS) is 21.2. The Morgan fingerprint density at radius 2 is 1.85 bits per heavy atom. The Morgan fingerprint density at radius 1 is 1.10 bits per heavy atom. The smallest absolute Gasteiger partial charge is 0.406 e. The minimum Gasteiger partial charge on any atom is -0.453 e. The molecule has 5 unspecified atom stereocenters. The number of halogens is 1. The third-order valence-electron chi connectivity index (χ3n) is 8.86. The zero-order chi connectivity index (χ0) is 29.8. The number of methoxy groups -OCH3 is 1. The molecule has 1 heterocycles. The molecule has 2 amide bonds. The molecule has 1 aromatic rings. The summed E-state index contributed by atoms with van der Waals surface area (Å²) in [5.74, 6) is 0.550. The van der Waals surface area contributed by atoms with Gasteiger partial charge in [-0.3, -0.25) is 4.79 Å². The first-order valence-electron chi connectivity index (χ1n) is 15.5. The van der Waals surface area contributed by atoms with Crippen LogP contribution in [-0.2, 0) is 14.3 Å². The summed E-state index contributed by atoms with van der Waals surface area (Å²) in [6.45, 7) is 5.75. The van der Waals surface area contributed by atoms with Crippen LogP contribution in [0.15, 0.2) is 24.3 Å². The number of alkyl carbamates (subject to hydrolysis) is 1. The highest BCUT2D eigenvalue weighted by atomic mass is 35.5. The number of nitrogens with one attached hydrogen (secondary N) is 1. The molecule has 1 aromatic carbocycles. The first-order valence-corrected chi connectivity index (χ1v) is 15.9. The topological polar surface area (TPSA) is 108 Å². The van der Waals surface area contributed by atoms with Crippen molar-refractivity contribution in [1.29, 1.82) is 0 Å². The number of aliphatic hydroxyl groups excluding tert-OH is 2. The molecule has 9 heteroatoms. The zero-order valence-electron chi connectivity index (χ0n) is 25.1. The number of piperidine rings is 1. The molecule has 0 radical (unpaired) electrons. The molecule has 0 bridgehead atoms. The first kappa shape index (κ1) is 33.6. The predicted octanol–water partition coefficient (Wildman–Crippen LogP) is 5.74. The standard InChI is InChI=1S/C32H51ClN2O6/c1-22(2)28(36)20-29(37)26(17-23-9-5-4-6-10-23)19-30(38)35-15-8-12-25(21-35)31(24-11-7-13-27(33)18-24)41-16-14-34-32(39)40-3/h7,11,13,18,22-23,25-26,28-29,31,36-37H,4-6,8-10,12,14-17,19-21H2,1-3H3,(H,34,39). The lowest BCUT2D eigenvalue weighted by Gasteiger charge is -2.38. The monoisotopic (exact) mass is 594 g/mol. The second kappa shape index (κ2) is 17.3. The van der Waals surface area contributed by atoms with Crippen LogP contribution in [0.1, 0.15) is 89.7 Å². The maximum absolute atomic E-state index is 13.7. The molecule has 1 saturated carbocycles. The van der Waals surface area contributed by atoms with Crippen molar-refractivity contribution < 1.29 is 29.3 Å². The van der Waals surface area contributed by atoms with Crippen LogP contribution < -0.4 is 5.32 Å². The number of likely N-dealkylation sites (tertiary alicyclic amines) is 1. The fourth-order valence-electron chi connectivity index (χ4n) is 6.38. The number of rotatable bonds is 14. The van der Waals surface area contributed by atoms with E-state index in [-0.39, 0.29) is 29.8 Å². The third-order valence-corrected chi connectivity index (χ3v) is 9.10. The number of nitrogens with zero attached hydrogens (tertiary/aromatic N) is 1. The van der Waals surface area contributed by atoms with Crippen molar-refractivity contribution >= 4 is 23.6 Å². The molecular formula is C32H51ClN2O6. The van der Waals surface area contributed by atoms with Crippen LogP contribution in [0.2, 0.25) is 5.02 Å². The fraction of sp³-hybridized carbons (Fsp3) is 0.750. The number of ether oxygens (including phenoxy) is 2. The molecule has 8 nitrogen and oxygen atoms in total. The van der Waals surface area contributed by atoms with Crippen LogP contribution in [0.25, 0.3) is 0 Å². The molecule has 2 aliphatic rings. The number of carbonyl (C=O) groups excluding carboxylic acids is 2. The van der Waals surface area contributed by atoms with Crippen LogP contribution in [0.5, 0.6) is 0 Å². The van der Waals surface area contributed by atoms with Crippen LogP contribution in [0, 0.1) is 23.7 Å². The highest BCUT2D eigenvalue weighted by Gasteiger charge is 2.34. The van der Waals surface area contributed by atoms with E-state index < -0.39 is 18.3 Å². The van der Waals surface area contributed by atoms with Crippen molar-refractivity contribution in [1.82, 2.24) is 10.2 Å². The highest BCUT2D eigenvalue weighted by molar-refractivity contribution is 6.30. The maximum atomic E-state index is 13.7. The van der Waals surface area contributed by atoms with E-state index in [0.29, 0.717) is 50.0 Å². The Bertz CT molecular complexity index is 941. The SMILES string of the molecule is COC(=O)NCCOC(c1cccc(Cl)c1)C1CCCN(C(=O)CC(CC2CCCCC2)C(O)CC(O)C(C)C)C1. The van der Waals surface area contributed by atoms with Crippen LogP contribution in [0.4, 0.5) is 4.79 Å². The summed E-state index contributed by atoms with van der Waals surface area (Å²) >= 11 is 6.32. The average Bonchev–Trinajstić information content (AvgIpc) is 2.97. The zero-order valence-corrected chi connectivity index (χ0v) is 25.9. The maximum Gasteiger partial charge on any atom is 0.406 e. The molecular weight excluding hydrogens is 544 g/mol. The van der Waals surface area contributed by atoms with E-state index in [1.807, 2.05) is 43.0 Å². The molecule has 0 aromatic heterocycles. The van der Waals surface area contributed by atoms with Crippen molar-refractivity contribution in [3.63, 3.8) is 0 Å². The number of amides is 2. The van der Waals surface area contributed by atoms with Gasteiger partial charge in [-0.1, -0.05) is 69.7 Å². The molecule has 1 aliphatic carbocycles. The Labute approximate surface area is 251 Å². The van der Waals surface area contributed by atoms with E-state index in [1.54, 1.807) is 0 Å². The van der Waals surface area contributed by atoms with Crippen molar-refractivity contribution in [2.24, 2.45) is 23.7 Å². The lowest BCUT2D eigenvalue weighted by Crippen LogP contribution is -2.44. The largest absolute Gasteiger partial charge is 0.453 e. The molecule has 41 heavy (non-hydrogen) atoms. The molecule has 1 aliphatic heterocycles. The van der Waals surface area contributed by atoms with Crippen LogP contribution in [0.3, 0.4) is 0 Å². The van der Waals surface area contributed by atoms with E-state index in [2.05, 4.69) is 10.1 Å². The van der Waals surface area contributed by atoms with Gasteiger partial charge in [0.05, 0.1) is 32.0 Å². The summed E-state index contributed by atoms with van der Waals surface area (Å²) in [5, 5.41) is 24.9. The van der Waals surface area contributed by atoms with Crippen molar-refractivity contribution in [3.05, 3.63) is 34.9 Å². The minimum absolute atomic E-state index is 0.0600. The third kappa shape index (κ3) is 11.0. The average molecular weight is 595 g/mol. The molecule has 1 saturated heterocycles. The Morgan fingerprint density at radius 3 is 2.54 bits per heavy atom. The van der Waals surface area contributed by atoms with E-state index in [9.17, 15) is 19.8 Å². The van der Waals surface area contributed by atoms with Crippen molar-refractivity contribution in [2.75, 3.05) is 33.4 Å². The van der Waals surface area contributed by atoms with Gasteiger partial charge in [-0.15, -0.1) is 0 Å². The number of hydrogen-bond acceptors (Lipinski definition) is 6. The fourth-order valence-corrected chi connectivity index (χ4v) is 6.57. The van der Waals surface area contributed by atoms with Gasteiger partial charge in [0.1, 0.15) is 0 Å². The van der Waals surface area contributed by atoms with Gasteiger partial charge in [0, 0.05) is 37.0 Å². The van der Waals surface area contributed by atoms with E-state index in [0.717, 1.165) is 37.7 Å². The Balaban J connectivity index is 1.68. The Hall–Kier alpha value is -1.87. The molecule has 5 atom stereocenters. The van der Waals surface area contributed by atoms with E-state index in [4.69, 9.17) is 16.3 Å². The number of hydrogen-bond donors (Lipinski definition) is 3. The number of benzene rings is 1.